The van der Waals surface area contributed by atoms with Crippen LogP contribution < -0.4 is 5.73 Å². The van der Waals surface area contributed by atoms with Crippen molar-refractivity contribution in [3.05, 3.63) is 71.8 Å². The molecule has 22 heavy (non-hydrogen) atoms. The lowest BCUT2D eigenvalue weighted by Gasteiger charge is -2.23. The van der Waals surface area contributed by atoms with Crippen LogP contribution in [0.1, 0.15) is 31.1 Å². The molecule has 0 aromatic heterocycles. The molecule has 2 N–H and O–H groups in total. The first kappa shape index (κ1) is 15.2. The molecule has 1 aliphatic heterocycles. The van der Waals surface area contributed by atoms with Gasteiger partial charge in [-0.05, 0) is 31.4 Å². The van der Waals surface area contributed by atoms with Gasteiger partial charge in [0.25, 0.3) is 0 Å². The van der Waals surface area contributed by atoms with Crippen LogP contribution in [0.15, 0.2) is 60.7 Å². The van der Waals surface area contributed by atoms with Gasteiger partial charge in [-0.15, -0.1) is 0 Å². The zero-order chi connectivity index (χ0) is 15.6. The van der Waals surface area contributed by atoms with Crippen molar-refractivity contribution in [3.63, 3.8) is 0 Å². The van der Waals surface area contributed by atoms with Crippen molar-refractivity contribution in [2.24, 2.45) is 5.73 Å². The van der Waals surface area contributed by atoms with Gasteiger partial charge in [0.05, 0.1) is 0 Å². The molecule has 1 heterocycles. The summed E-state index contributed by atoms with van der Waals surface area (Å²) in [7, 11) is 0. The van der Waals surface area contributed by atoms with Gasteiger partial charge in [-0.2, -0.15) is 0 Å². The lowest BCUT2D eigenvalue weighted by Crippen LogP contribution is -2.40. The van der Waals surface area contributed by atoms with Gasteiger partial charge >= 0.3 is 0 Å². The van der Waals surface area contributed by atoms with Crippen LogP contribution in [0.2, 0.25) is 0 Å². The second kappa shape index (κ2) is 6.21. The molecule has 0 unspecified atom stereocenters. The lowest BCUT2D eigenvalue weighted by molar-refractivity contribution is -0.148. The zero-order valence-electron chi connectivity index (χ0n) is 13.1. The van der Waals surface area contributed by atoms with E-state index in [4.69, 9.17) is 15.2 Å². The minimum atomic E-state index is -0.612. The fourth-order valence-corrected chi connectivity index (χ4v) is 3.00. The number of benzene rings is 2. The Balaban J connectivity index is 1.80. The largest absolute Gasteiger partial charge is 0.343 e. The Bertz CT molecular complexity index is 597. The third kappa shape index (κ3) is 3.38. The number of hydrogen-bond donors (Lipinski definition) is 1. The number of hydrogen-bond acceptors (Lipinski definition) is 3. The highest BCUT2D eigenvalue weighted by atomic mass is 16.8. The molecular weight excluding hydrogens is 274 g/mol. The van der Waals surface area contributed by atoms with Gasteiger partial charge in [0, 0.05) is 6.04 Å². The highest BCUT2D eigenvalue weighted by Gasteiger charge is 2.44. The standard InChI is InChI=1S/C19H23NO2/c1-19(2)21-17(15-11-7-4-8-12-15)18(22-19)16(20)13-14-9-5-3-6-10-14/h3-12,16-18H,13,20H2,1-2H3/t16-,17-,18-/m0/s1. The van der Waals surface area contributed by atoms with E-state index in [1.165, 1.54) is 5.56 Å². The Morgan fingerprint density at radius 3 is 2.18 bits per heavy atom. The van der Waals surface area contributed by atoms with Gasteiger partial charge in [-0.1, -0.05) is 60.7 Å². The molecule has 2 aromatic carbocycles. The Kier molecular flexibility index (Phi) is 4.30. The van der Waals surface area contributed by atoms with Crippen LogP contribution >= 0.6 is 0 Å². The molecule has 3 nitrogen and oxygen atoms in total. The van der Waals surface area contributed by atoms with Gasteiger partial charge in [0.2, 0.25) is 0 Å². The fourth-order valence-electron chi connectivity index (χ4n) is 3.00. The van der Waals surface area contributed by atoms with E-state index >= 15 is 0 Å². The molecule has 3 rings (SSSR count). The van der Waals surface area contributed by atoms with Crippen LogP contribution in [-0.4, -0.2) is 17.9 Å². The highest BCUT2D eigenvalue weighted by molar-refractivity contribution is 5.22. The summed E-state index contributed by atoms with van der Waals surface area (Å²) < 4.78 is 12.2. The molecule has 2 aromatic rings. The zero-order valence-corrected chi connectivity index (χ0v) is 13.1. The maximum Gasteiger partial charge on any atom is 0.164 e. The Hall–Kier alpha value is -1.68. The van der Waals surface area contributed by atoms with E-state index in [0.717, 1.165) is 12.0 Å². The molecule has 1 saturated heterocycles. The van der Waals surface area contributed by atoms with Crippen LogP contribution in [0.5, 0.6) is 0 Å². The third-order valence-electron chi connectivity index (χ3n) is 3.99. The van der Waals surface area contributed by atoms with Crippen molar-refractivity contribution in [1.82, 2.24) is 0 Å². The topological polar surface area (TPSA) is 44.5 Å². The average Bonchev–Trinajstić information content (AvgIpc) is 2.85. The Morgan fingerprint density at radius 1 is 0.955 bits per heavy atom. The molecule has 0 amide bonds. The SMILES string of the molecule is CC1(C)O[C@@H]([C@@H](N)Cc2ccccc2)[C@H](c2ccccc2)O1. The predicted molar refractivity (Wildman–Crippen MR) is 87.3 cm³/mol. The highest BCUT2D eigenvalue weighted by Crippen LogP contribution is 2.39. The van der Waals surface area contributed by atoms with Crippen LogP contribution in [-0.2, 0) is 15.9 Å². The smallest absolute Gasteiger partial charge is 0.164 e. The molecular formula is C19H23NO2. The van der Waals surface area contributed by atoms with Crippen molar-refractivity contribution in [2.45, 2.75) is 44.3 Å². The van der Waals surface area contributed by atoms with Crippen molar-refractivity contribution >= 4 is 0 Å². The maximum atomic E-state index is 6.45. The van der Waals surface area contributed by atoms with E-state index in [1.807, 2.05) is 50.2 Å². The first-order valence-electron chi connectivity index (χ1n) is 7.75. The molecule has 1 fully saturated rings. The average molecular weight is 297 g/mol. The second-order valence-corrected chi connectivity index (χ2v) is 6.29. The van der Waals surface area contributed by atoms with Crippen molar-refractivity contribution < 1.29 is 9.47 Å². The van der Waals surface area contributed by atoms with Crippen LogP contribution in [0.4, 0.5) is 0 Å². The summed E-state index contributed by atoms with van der Waals surface area (Å²) in [5.74, 6) is -0.612. The molecule has 3 heteroatoms. The van der Waals surface area contributed by atoms with E-state index in [2.05, 4.69) is 24.3 Å². The monoisotopic (exact) mass is 297 g/mol. The minimum absolute atomic E-state index is 0.116. The van der Waals surface area contributed by atoms with E-state index in [9.17, 15) is 0 Å². The summed E-state index contributed by atoms with van der Waals surface area (Å²) in [5, 5.41) is 0. The Morgan fingerprint density at radius 2 is 1.55 bits per heavy atom. The Labute approximate surface area is 132 Å². The second-order valence-electron chi connectivity index (χ2n) is 6.29. The molecule has 116 valence electrons. The summed E-state index contributed by atoms with van der Waals surface area (Å²) in [6.07, 6.45) is 0.487. The molecule has 0 aliphatic carbocycles. The third-order valence-corrected chi connectivity index (χ3v) is 3.99. The van der Waals surface area contributed by atoms with Crippen LogP contribution in [0.25, 0.3) is 0 Å². The number of rotatable bonds is 4. The number of ether oxygens (including phenoxy) is 2. The van der Waals surface area contributed by atoms with Crippen LogP contribution in [0.3, 0.4) is 0 Å². The predicted octanol–water partition coefficient (Wildman–Crippen LogP) is 3.45. The van der Waals surface area contributed by atoms with Crippen molar-refractivity contribution in [3.8, 4) is 0 Å². The quantitative estimate of drug-likeness (QED) is 0.940. The van der Waals surface area contributed by atoms with Crippen molar-refractivity contribution in [2.75, 3.05) is 0 Å². The van der Waals surface area contributed by atoms with Crippen molar-refractivity contribution in [1.29, 1.82) is 0 Å². The normalized spacial score (nSPS) is 25.0. The fraction of sp³-hybridized carbons (Fsp3) is 0.368. The minimum Gasteiger partial charge on any atom is -0.343 e. The molecule has 0 radical (unpaired) electrons. The summed E-state index contributed by atoms with van der Waals surface area (Å²) in [6.45, 7) is 3.89. The number of nitrogens with two attached hydrogens (primary N) is 1. The lowest BCUT2D eigenvalue weighted by atomic mass is 9.95. The summed E-state index contributed by atoms with van der Waals surface area (Å²) in [6, 6.07) is 20.3. The summed E-state index contributed by atoms with van der Waals surface area (Å²) in [4.78, 5) is 0. The summed E-state index contributed by atoms with van der Waals surface area (Å²) in [5.41, 5.74) is 8.79. The first-order valence-corrected chi connectivity index (χ1v) is 7.75. The molecule has 0 bridgehead atoms. The molecule has 1 aliphatic rings. The van der Waals surface area contributed by atoms with Gasteiger partial charge in [0.1, 0.15) is 12.2 Å². The first-order chi connectivity index (χ1) is 10.6. The molecule has 0 spiro atoms. The van der Waals surface area contributed by atoms with E-state index in [0.29, 0.717) is 0 Å². The van der Waals surface area contributed by atoms with Gasteiger partial charge in [-0.3, -0.25) is 0 Å². The van der Waals surface area contributed by atoms with E-state index in [1.54, 1.807) is 0 Å². The maximum absolute atomic E-state index is 6.45. The molecule has 3 atom stereocenters. The van der Waals surface area contributed by atoms with E-state index in [-0.39, 0.29) is 18.2 Å². The van der Waals surface area contributed by atoms with Gasteiger partial charge < -0.3 is 15.2 Å². The summed E-state index contributed by atoms with van der Waals surface area (Å²) >= 11 is 0. The van der Waals surface area contributed by atoms with Gasteiger partial charge in [0.15, 0.2) is 5.79 Å². The van der Waals surface area contributed by atoms with Gasteiger partial charge in [-0.25, -0.2) is 0 Å². The van der Waals surface area contributed by atoms with E-state index < -0.39 is 5.79 Å². The van der Waals surface area contributed by atoms with Crippen LogP contribution in [0, 0.1) is 0 Å². The molecule has 0 saturated carbocycles.